The molecule has 0 spiro atoms. The first-order valence-electron chi connectivity index (χ1n) is 6.06. The molecule has 98 valence electrons. The lowest BCUT2D eigenvalue weighted by atomic mass is 10.3. The van der Waals surface area contributed by atoms with Crippen LogP contribution in [0.1, 0.15) is 0 Å². The summed E-state index contributed by atoms with van der Waals surface area (Å²) < 4.78 is 0. The molecule has 4 heteroatoms. The van der Waals surface area contributed by atoms with Crippen molar-refractivity contribution in [3.63, 3.8) is 0 Å². The molecule has 0 heterocycles. The number of para-hydroxylation sites is 2. The van der Waals surface area contributed by atoms with Gasteiger partial charge in [-0.25, -0.2) is 0 Å². The quantitative estimate of drug-likeness (QED) is 0.780. The van der Waals surface area contributed by atoms with Gasteiger partial charge < -0.3 is 15.3 Å². The molecule has 0 atom stereocenters. The fourth-order valence-corrected chi connectivity index (χ4v) is 1.78. The largest absolute Gasteiger partial charge is 0.480 e. The van der Waals surface area contributed by atoms with Gasteiger partial charge in [0, 0.05) is 11.4 Å². The molecule has 0 aliphatic rings. The van der Waals surface area contributed by atoms with Crippen molar-refractivity contribution in [2.75, 3.05) is 23.4 Å². The topological polar surface area (TPSA) is 52.6 Å². The number of hydrogen-bond acceptors (Lipinski definition) is 3. The molecule has 0 bridgehead atoms. The number of nitrogens with one attached hydrogen (secondary N) is 1. The first-order valence-corrected chi connectivity index (χ1v) is 6.06. The Labute approximate surface area is 112 Å². The molecule has 0 radical (unpaired) electrons. The first kappa shape index (κ1) is 13.0. The fourth-order valence-electron chi connectivity index (χ4n) is 1.78. The molecule has 0 aliphatic heterocycles. The Morgan fingerprint density at radius 3 is 2.16 bits per heavy atom. The zero-order valence-corrected chi connectivity index (χ0v) is 10.5. The van der Waals surface area contributed by atoms with Crippen LogP contribution in [0.2, 0.25) is 0 Å². The Hall–Kier alpha value is -2.49. The highest BCUT2D eigenvalue weighted by Gasteiger charge is 2.09. The first-order chi connectivity index (χ1) is 9.25. The van der Waals surface area contributed by atoms with Gasteiger partial charge in [-0.2, -0.15) is 0 Å². The van der Waals surface area contributed by atoms with Gasteiger partial charge in [0.2, 0.25) is 0 Å². The molecule has 2 aromatic carbocycles. The SMILES string of the molecule is O=C(O)CN(CNc1ccccc1)c1ccccc1. The zero-order valence-electron chi connectivity index (χ0n) is 10.5. The maximum Gasteiger partial charge on any atom is 0.323 e. The number of carboxylic acid groups (broad SMARTS) is 1. The summed E-state index contributed by atoms with van der Waals surface area (Å²) in [4.78, 5) is 12.7. The maximum atomic E-state index is 10.9. The summed E-state index contributed by atoms with van der Waals surface area (Å²) in [6, 6.07) is 19.2. The minimum atomic E-state index is -0.848. The zero-order chi connectivity index (χ0) is 13.5. The third-order valence-corrected chi connectivity index (χ3v) is 2.70. The Bertz CT molecular complexity index is 514. The lowest BCUT2D eigenvalue weighted by molar-refractivity contribution is -0.135. The number of hydrogen-bond donors (Lipinski definition) is 2. The van der Waals surface area contributed by atoms with Gasteiger partial charge in [-0.15, -0.1) is 0 Å². The van der Waals surface area contributed by atoms with Crippen molar-refractivity contribution >= 4 is 17.3 Å². The predicted octanol–water partition coefficient (Wildman–Crippen LogP) is 2.65. The van der Waals surface area contributed by atoms with Crippen molar-refractivity contribution in [3.8, 4) is 0 Å². The summed E-state index contributed by atoms with van der Waals surface area (Å²) in [5, 5.41) is 12.2. The van der Waals surface area contributed by atoms with Gasteiger partial charge in [0.25, 0.3) is 0 Å². The molecule has 0 unspecified atom stereocenters. The molecule has 0 saturated carbocycles. The van der Waals surface area contributed by atoms with Gasteiger partial charge in [0.05, 0.1) is 6.67 Å². The third-order valence-electron chi connectivity index (χ3n) is 2.70. The minimum absolute atomic E-state index is 0.0379. The molecule has 2 aromatic rings. The van der Waals surface area contributed by atoms with E-state index in [1.807, 2.05) is 60.7 Å². The van der Waals surface area contributed by atoms with Crippen molar-refractivity contribution in [2.24, 2.45) is 0 Å². The van der Waals surface area contributed by atoms with Crippen molar-refractivity contribution in [1.82, 2.24) is 0 Å². The van der Waals surface area contributed by atoms with E-state index < -0.39 is 5.97 Å². The van der Waals surface area contributed by atoms with Gasteiger partial charge in [-0.3, -0.25) is 4.79 Å². The number of aliphatic carboxylic acids is 1. The monoisotopic (exact) mass is 256 g/mol. The second-order valence-corrected chi connectivity index (χ2v) is 4.13. The second kappa shape index (κ2) is 6.44. The number of nitrogens with zero attached hydrogens (tertiary/aromatic N) is 1. The highest BCUT2D eigenvalue weighted by atomic mass is 16.4. The van der Waals surface area contributed by atoms with Crippen LogP contribution in [0.25, 0.3) is 0 Å². The summed E-state index contributed by atoms with van der Waals surface area (Å²) >= 11 is 0. The predicted molar refractivity (Wildman–Crippen MR) is 76.4 cm³/mol. The molecule has 4 nitrogen and oxygen atoms in total. The number of anilines is 2. The minimum Gasteiger partial charge on any atom is -0.480 e. The van der Waals surface area contributed by atoms with Crippen LogP contribution in [0.5, 0.6) is 0 Å². The summed E-state index contributed by atoms with van der Waals surface area (Å²) in [5.74, 6) is -0.848. The second-order valence-electron chi connectivity index (χ2n) is 4.13. The van der Waals surface area contributed by atoms with Crippen LogP contribution in [0.4, 0.5) is 11.4 Å². The molecule has 0 amide bonds. The van der Waals surface area contributed by atoms with E-state index in [1.54, 1.807) is 4.90 Å². The van der Waals surface area contributed by atoms with Crippen LogP contribution >= 0.6 is 0 Å². The Morgan fingerprint density at radius 2 is 1.58 bits per heavy atom. The average molecular weight is 256 g/mol. The van der Waals surface area contributed by atoms with Crippen LogP contribution in [0.15, 0.2) is 60.7 Å². The molecule has 2 N–H and O–H groups in total. The van der Waals surface area contributed by atoms with Crippen LogP contribution in [0.3, 0.4) is 0 Å². The number of carboxylic acids is 1. The molecular weight excluding hydrogens is 240 g/mol. The highest BCUT2D eigenvalue weighted by molar-refractivity contribution is 5.73. The molecule has 2 rings (SSSR count). The summed E-state index contributed by atoms with van der Waals surface area (Å²) in [5.41, 5.74) is 1.85. The fraction of sp³-hybridized carbons (Fsp3) is 0.133. The maximum absolute atomic E-state index is 10.9. The standard InChI is InChI=1S/C15H16N2O2/c18-15(19)11-17(14-9-5-2-6-10-14)12-16-13-7-3-1-4-8-13/h1-10,16H,11-12H2,(H,18,19). The van der Waals surface area contributed by atoms with Crippen LogP contribution in [-0.4, -0.2) is 24.3 Å². The van der Waals surface area contributed by atoms with Gasteiger partial charge >= 0.3 is 5.97 Å². The van der Waals surface area contributed by atoms with Gasteiger partial charge in [0.15, 0.2) is 0 Å². The van der Waals surface area contributed by atoms with Crippen LogP contribution in [-0.2, 0) is 4.79 Å². The summed E-state index contributed by atoms with van der Waals surface area (Å²) in [6.45, 7) is 0.407. The van der Waals surface area contributed by atoms with E-state index in [4.69, 9.17) is 5.11 Å². The van der Waals surface area contributed by atoms with E-state index in [-0.39, 0.29) is 6.54 Å². The van der Waals surface area contributed by atoms with Crippen molar-refractivity contribution in [2.45, 2.75) is 0 Å². The third kappa shape index (κ3) is 4.03. The molecule has 0 fully saturated rings. The summed E-state index contributed by atoms with van der Waals surface area (Å²) in [7, 11) is 0. The van der Waals surface area contributed by atoms with E-state index in [0.29, 0.717) is 6.67 Å². The van der Waals surface area contributed by atoms with Crippen molar-refractivity contribution in [3.05, 3.63) is 60.7 Å². The smallest absolute Gasteiger partial charge is 0.323 e. The number of benzene rings is 2. The van der Waals surface area contributed by atoms with Crippen molar-refractivity contribution < 1.29 is 9.90 Å². The van der Waals surface area contributed by atoms with Gasteiger partial charge in [-0.1, -0.05) is 36.4 Å². The Morgan fingerprint density at radius 1 is 1.00 bits per heavy atom. The Kier molecular flexibility index (Phi) is 4.39. The van der Waals surface area contributed by atoms with Crippen molar-refractivity contribution in [1.29, 1.82) is 0 Å². The van der Waals surface area contributed by atoms with E-state index in [2.05, 4.69) is 5.32 Å². The van der Waals surface area contributed by atoms with Crippen LogP contribution < -0.4 is 10.2 Å². The van der Waals surface area contributed by atoms with E-state index in [9.17, 15) is 4.79 Å². The van der Waals surface area contributed by atoms with E-state index in [1.165, 1.54) is 0 Å². The molecule has 0 aliphatic carbocycles. The van der Waals surface area contributed by atoms with E-state index >= 15 is 0 Å². The van der Waals surface area contributed by atoms with E-state index in [0.717, 1.165) is 11.4 Å². The number of carbonyl (C=O) groups is 1. The van der Waals surface area contributed by atoms with Gasteiger partial charge in [-0.05, 0) is 24.3 Å². The number of rotatable bonds is 6. The lowest BCUT2D eigenvalue weighted by Crippen LogP contribution is -2.34. The molecule has 0 aromatic heterocycles. The molecule has 0 saturated heterocycles. The highest BCUT2D eigenvalue weighted by Crippen LogP contribution is 2.13. The summed E-state index contributed by atoms with van der Waals surface area (Å²) in [6.07, 6.45) is 0. The Balaban J connectivity index is 2.04. The van der Waals surface area contributed by atoms with Crippen LogP contribution in [0, 0.1) is 0 Å². The normalized spacial score (nSPS) is 9.89. The average Bonchev–Trinajstić information content (AvgIpc) is 2.45. The molecule has 19 heavy (non-hydrogen) atoms. The molecular formula is C15H16N2O2. The van der Waals surface area contributed by atoms with Gasteiger partial charge in [0.1, 0.15) is 6.54 Å². The lowest BCUT2D eigenvalue weighted by Gasteiger charge is -2.23.